The minimum atomic E-state index is -0.420. The Morgan fingerprint density at radius 1 is 1.27 bits per heavy atom. The number of nitrogens with zero attached hydrogens (tertiary/aromatic N) is 1. The molecule has 128 valence electrons. The number of rotatable bonds is 5. The number of ether oxygens (including phenoxy) is 1. The van der Waals surface area contributed by atoms with Crippen LogP contribution in [-0.4, -0.2) is 54.4 Å². The first-order chi connectivity index (χ1) is 10.2. The Morgan fingerprint density at radius 3 is 2.50 bits per heavy atom. The maximum absolute atomic E-state index is 11.7. The van der Waals surface area contributed by atoms with Crippen LogP contribution >= 0.6 is 0 Å². The van der Waals surface area contributed by atoms with Crippen LogP contribution in [0, 0.1) is 5.92 Å². The topological polar surface area (TPSA) is 53.6 Å². The van der Waals surface area contributed by atoms with Gasteiger partial charge in [0.25, 0.3) is 0 Å². The molecule has 1 aliphatic carbocycles. The molecule has 1 amide bonds. The lowest BCUT2D eigenvalue weighted by molar-refractivity contribution is 0.0464. The van der Waals surface area contributed by atoms with E-state index in [-0.39, 0.29) is 12.1 Å². The zero-order valence-electron chi connectivity index (χ0n) is 14.8. The maximum Gasteiger partial charge on any atom is 0.407 e. The SMILES string of the molecule is CC(C)N1CCC(CNC2CC(NC(=O)OC(C)(C)C)C2)C1. The van der Waals surface area contributed by atoms with Crippen LogP contribution < -0.4 is 10.6 Å². The van der Waals surface area contributed by atoms with Crippen molar-refractivity contribution < 1.29 is 9.53 Å². The molecule has 1 saturated carbocycles. The van der Waals surface area contributed by atoms with Crippen LogP contribution in [0.5, 0.6) is 0 Å². The fourth-order valence-corrected chi connectivity index (χ4v) is 3.21. The lowest BCUT2D eigenvalue weighted by atomic mass is 9.86. The Balaban J connectivity index is 1.56. The van der Waals surface area contributed by atoms with Gasteiger partial charge >= 0.3 is 6.09 Å². The molecule has 0 radical (unpaired) electrons. The van der Waals surface area contributed by atoms with E-state index in [4.69, 9.17) is 4.74 Å². The van der Waals surface area contributed by atoms with Gasteiger partial charge in [0.15, 0.2) is 0 Å². The molecule has 5 heteroatoms. The van der Waals surface area contributed by atoms with Gasteiger partial charge < -0.3 is 20.3 Å². The molecule has 1 heterocycles. The summed E-state index contributed by atoms with van der Waals surface area (Å²) in [5, 5.41) is 6.60. The second-order valence-corrected chi connectivity index (χ2v) is 8.16. The third-order valence-corrected chi connectivity index (χ3v) is 4.60. The first-order valence-electron chi connectivity index (χ1n) is 8.70. The first-order valence-corrected chi connectivity index (χ1v) is 8.70. The highest BCUT2D eigenvalue weighted by Crippen LogP contribution is 2.23. The summed E-state index contributed by atoms with van der Waals surface area (Å²) in [4.78, 5) is 14.2. The number of amides is 1. The zero-order chi connectivity index (χ0) is 16.3. The number of carbonyl (C=O) groups excluding carboxylic acids is 1. The number of nitrogens with one attached hydrogen (secondary N) is 2. The molecule has 0 aromatic rings. The molecule has 1 aliphatic heterocycles. The van der Waals surface area contributed by atoms with Crippen molar-refractivity contribution in [1.29, 1.82) is 0 Å². The van der Waals surface area contributed by atoms with Crippen molar-refractivity contribution in [3.63, 3.8) is 0 Å². The van der Waals surface area contributed by atoms with Crippen LogP contribution in [-0.2, 0) is 4.74 Å². The molecule has 2 rings (SSSR count). The number of alkyl carbamates (subject to hydrolysis) is 1. The van der Waals surface area contributed by atoms with Crippen LogP contribution in [0.2, 0.25) is 0 Å². The summed E-state index contributed by atoms with van der Waals surface area (Å²) in [6.07, 6.45) is 3.04. The fourth-order valence-electron chi connectivity index (χ4n) is 3.21. The Bertz CT molecular complexity index is 373. The average Bonchev–Trinajstić information content (AvgIpc) is 2.78. The molecule has 2 aliphatic rings. The molecule has 5 nitrogen and oxygen atoms in total. The van der Waals surface area contributed by atoms with Crippen molar-refractivity contribution in [1.82, 2.24) is 15.5 Å². The summed E-state index contributed by atoms with van der Waals surface area (Å²) < 4.78 is 5.28. The molecular weight excluding hydrogens is 278 g/mol. The summed E-state index contributed by atoms with van der Waals surface area (Å²) in [7, 11) is 0. The van der Waals surface area contributed by atoms with E-state index >= 15 is 0 Å². The summed E-state index contributed by atoms with van der Waals surface area (Å²) in [6.45, 7) is 13.8. The number of carbonyl (C=O) groups is 1. The second kappa shape index (κ2) is 7.18. The van der Waals surface area contributed by atoms with Crippen LogP contribution in [0.25, 0.3) is 0 Å². The van der Waals surface area contributed by atoms with Gasteiger partial charge in [0.2, 0.25) is 0 Å². The highest BCUT2D eigenvalue weighted by Gasteiger charge is 2.32. The van der Waals surface area contributed by atoms with Crippen LogP contribution in [0.3, 0.4) is 0 Å². The van der Waals surface area contributed by atoms with E-state index in [1.54, 1.807) is 0 Å². The molecule has 0 aromatic heterocycles. The normalized spacial score (nSPS) is 29.5. The van der Waals surface area contributed by atoms with Crippen molar-refractivity contribution >= 4 is 6.09 Å². The predicted molar refractivity (Wildman–Crippen MR) is 89.0 cm³/mol. The van der Waals surface area contributed by atoms with E-state index in [9.17, 15) is 4.79 Å². The van der Waals surface area contributed by atoms with Gasteiger partial charge in [-0.2, -0.15) is 0 Å². The Hall–Kier alpha value is -0.810. The van der Waals surface area contributed by atoms with Crippen LogP contribution in [0.15, 0.2) is 0 Å². The largest absolute Gasteiger partial charge is 0.444 e. The minimum absolute atomic E-state index is 0.267. The zero-order valence-corrected chi connectivity index (χ0v) is 14.8. The van der Waals surface area contributed by atoms with Gasteiger partial charge in [-0.1, -0.05) is 0 Å². The molecule has 22 heavy (non-hydrogen) atoms. The van der Waals surface area contributed by atoms with Crippen molar-refractivity contribution in [3.8, 4) is 0 Å². The van der Waals surface area contributed by atoms with Gasteiger partial charge in [-0.05, 0) is 72.9 Å². The standard InChI is InChI=1S/C17H33N3O2/c1-12(2)20-7-6-13(11-20)10-18-14-8-15(9-14)19-16(21)22-17(3,4)5/h12-15,18H,6-11H2,1-5H3,(H,19,21). The third-order valence-electron chi connectivity index (χ3n) is 4.60. The molecule has 1 unspecified atom stereocenters. The van der Waals surface area contributed by atoms with Gasteiger partial charge in [0.1, 0.15) is 5.60 Å². The lowest BCUT2D eigenvalue weighted by Gasteiger charge is -2.37. The Kier molecular flexibility index (Phi) is 5.72. The molecule has 0 bridgehead atoms. The second-order valence-electron chi connectivity index (χ2n) is 8.16. The van der Waals surface area contributed by atoms with Crippen molar-refractivity contribution in [2.24, 2.45) is 5.92 Å². The van der Waals surface area contributed by atoms with Gasteiger partial charge in [0, 0.05) is 24.7 Å². The first kappa shape index (κ1) is 17.5. The predicted octanol–water partition coefficient (Wildman–Crippen LogP) is 2.36. The van der Waals surface area contributed by atoms with E-state index in [0.29, 0.717) is 12.1 Å². The van der Waals surface area contributed by atoms with Crippen LogP contribution in [0.1, 0.15) is 53.9 Å². The summed E-state index contributed by atoms with van der Waals surface area (Å²) in [5.74, 6) is 0.778. The monoisotopic (exact) mass is 311 g/mol. The smallest absolute Gasteiger partial charge is 0.407 e. The van der Waals surface area contributed by atoms with Crippen molar-refractivity contribution in [3.05, 3.63) is 0 Å². The van der Waals surface area contributed by atoms with E-state index in [2.05, 4.69) is 29.4 Å². The highest BCUT2D eigenvalue weighted by molar-refractivity contribution is 5.68. The maximum atomic E-state index is 11.7. The van der Waals surface area contributed by atoms with Crippen molar-refractivity contribution in [2.75, 3.05) is 19.6 Å². The molecule has 2 N–H and O–H groups in total. The van der Waals surface area contributed by atoms with Gasteiger partial charge in [-0.15, -0.1) is 0 Å². The van der Waals surface area contributed by atoms with E-state index in [1.807, 2.05) is 20.8 Å². The molecule has 1 atom stereocenters. The van der Waals surface area contributed by atoms with Crippen molar-refractivity contribution in [2.45, 2.75) is 77.6 Å². The van der Waals surface area contributed by atoms with E-state index < -0.39 is 5.60 Å². The van der Waals surface area contributed by atoms with Gasteiger partial charge in [-0.25, -0.2) is 4.79 Å². The Labute approximate surface area is 135 Å². The molecular formula is C17H33N3O2. The fraction of sp³-hybridized carbons (Fsp3) is 0.941. The van der Waals surface area contributed by atoms with Gasteiger partial charge in [0.05, 0.1) is 0 Å². The average molecular weight is 311 g/mol. The molecule has 1 saturated heterocycles. The minimum Gasteiger partial charge on any atom is -0.444 e. The summed E-state index contributed by atoms with van der Waals surface area (Å²) in [6, 6.07) is 1.48. The molecule has 2 fully saturated rings. The summed E-state index contributed by atoms with van der Waals surface area (Å²) >= 11 is 0. The van der Waals surface area contributed by atoms with Crippen LogP contribution in [0.4, 0.5) is 4.79 Å². The quantitative estimate of drug-likeness (QED) is 0.818. The molecule has 0 spiro atoms. The molecule has 0 aromatic carbocycles. The van der Waals surface area contributed by atoms with E-state index in [1.165, 1.54) is 19.5 Å². The Morgan fingerprint density at radius 2 is 1.95 bits per heavy atom. The highest BCUT2D eigenvalue weighted by atomic mass is 16.6. The number of hydrogen-bond acceptors (Lipinski definition) is 4. The third kappa shape index (κ3) is 5.43. The lowest BCUT2D eigenvalue weighted by Crippen LogP contribution is -2.53. The van der Waals surface area contributed by atoms with E-state index in [0.717, 1.165) is 25.3 Å². The summed E-state index contributed by atoms with van der Waals surface area (Å²) in [5.41, 5.74) is -0.420. The van der Waals surface area contributed by atoms with Gasteiger partial charge in [-0.3, -0.25) is 0 Å². The number of hydrogen-bond donors (Lipinski definition) is 2. The number of likely N-dealkylation sites (tertiary alicyclic amines) is 1.